The van der Waals surface area contributed by atoms with Crippen molar-refractivity contribution in [1.29, 1.82) is 0 Å². The van der Waals surface area contributed by atoms with Gasteiger partial charge in [-0.2, -0.15) is 0 Å². The molecule has 0 radical (unpaired) electrons. The molecule has 0 saturated heterocycles. The number of nitrogens with zero attached hydrogens (tertiary/aromatic N) is 2. The van der Waals surface area contributed by atoms with Crippen LogP contribution in [0.3, 0.4) is 0 Å². The number of benzene rings is 3. The van der Waals surface area contributed by atoms with E-state index in [9.17, 15) is 4.79 Å². The number of fused-ring (bicyclic) bond motifs is 4. The van der Waals surface area contributed by atoms with Crippen LogP contribution in [0.1, 0.15) is 5.56 Å². The quantitative estimate of drug-likeness (QED) is 0.419. The normalized spacial score (nSPS) is 12.1. The molecule has 0 aliphatic rings. The van der Waals surface area contributed by atoms with Gasteiger partial charge >= 0.3 is 0 Å². The topological polar surface area (TPSA) is 34.4 Å². The fraction of sp³-hybridized carbons (Fsp3) is 0.0526. The highest BCUT2D eigenvalue weighted by Crippen LogP contribution is 2.33. The summed E-state index contributed by atoms with van der Waals surface area (Å²) in [6.45, 7) is 2.02. The standard InChI is InChI=1S/C19H11ClN2O/c1-10-5-8-15-16(9-10)22-18(21-15)12-6-7-14(20)11-3-2-4-13(17(11)12)19(22)23/h2-9H,1H3. The summed E-state index contributed by atoms with van der Waals surface area (Å²) >= 11 is 6.32. The van der Waals surface area contributed by atoms with Crippen molar-refractivity contribution in [3.05, 3.63) is 69.5 Å². The molecule has 0 bridgehead atoms. The van der Waals surface area contributed by atoms with Gasteiger partial charge in [0.25, 0.3) is 5.56 Å². The molecule has 0 atom stereocenters. The molecule has 0 saturated carbocycles. The summed E-state index contributed by atoms with van der Waals surface area (Å²) in [5, 5.41) is 4.06. The van der Waals surface area contributed by atoms with E-state index in [-0.39, 0.29) is 5.56 Å². The minimum absolute atomic E-state index is 0.0477. The van der Waals surface area contributed by atoms with Gasteiger partial charge in [0, 0.05) is 26.6 Å². The summed E-state index contributed by atoms with van der Waals surface area (Å²) in [7, 11) is 0. The van der Waals surface area contributed by atoms with Crippen LogP contribution in [0.4, 0.5) is 0 Å². The van der Waals surface area contributed by atoms with Gasteiger partial charge in [-0.3, -0.25) is 9.20 Å². The van der Waals surface area contributed by atoms with E-state index in [2.05, 4.69) is 0 Å². The Labute approximate surface area is 136 Å². The third-order valence-electron chi connectivity index (χ3n) is 4.47. The van der Waals surface area contributed by atoms with Crippen LogP contribution in [0, 0.1) is 6.92 Å². The molecule has 0 aliphatic heterocycles. The van der Waals surface area contributed by atoms with Crippen molar-refractivity contribution in [2.75, 3.05) is 0 Å². The van der Waals surface area contributed by atoms with Crippen LogP contribution in [0.2, 0.25) is 5.02 Å². The molecule has 0 N–H and O–H groups in total. The zero-order valence-corrected chi connectivity index (χ0v) is 13.1. The van der Waals surface area contributed by atoms with Crippen molar-refractivity contribution in [3.8, 4) is 0 Å². The van der Waals surface area contributed by atoms with E-state index in [0.717, 1.165) is 32.8 Å². The number of halogens is 1. The Balaban J connectivity index is 2.22. The molecule has 2 aromatic heterocycles. The molecule has 23 heavy (non-hydrogen) atoms. The lowest BCUT2D eigenvalue weighted by molar-refractivity contribution is 1.19. The smallest absolute Gasteiger partial charge is 0.264 e. The van der Waals surface area contributed by atoms with Crippen molar-refractivity contribution in [1.82, 2.24) is 9.38 Å². The lowest BCUT2D eigenvalue weighted by Crippen LogP contribution is -2.13. The first-order valence-electron chi connectivity index (χ1n) is 7.40. The molecule has 110 valence electrons. The van der Waals surface area contributed by atoms with E-state index in [4.69, 9.17) is 16.6 Å². The highest BCUT2D eigenvalue weighted by Gasteiger charge is 2.16. The van der Waals surface area contributed by atoms with E-state index in [0.29, 0.717) is 16.1 Å². The van der Waals surface area contributed by atoms with Gasteiger partial charge in [-0.05, 0) is 42.8 Å². The summed E-state index contributed by atoms with van der Waals surface area (Å²) in [5.74, 6) is 0. The number of hydrogen-bond acceptors (Lipinski definition) is 2. The zero-order chi connectivity index (χ0) is 15.7. The molecule has 4 heteroatoms. The molecule has 0 amide bonds. The van der Waals surface area contributed by atoms with E-state index >= 15 is 0 Å². The molecular formula is C19H11ClN2O. The van der Waals surface area contributed by atoms with Crippen LogP contribution in [-0.4, -0.2) is 9.38 Å². The number of aryl methyl sites for hydroxylation is 1. The molecule has 2 heterocycles. The first-order valence-corrected chi connectivity index (χ1v) is 7.78. The van der Waals surface area contributed by atoms with Crippen molar-refractivity contribution in [3.63, 3.8) is 0 Å². The van der Waals surface area contributed by atoms with Crippen LogP contribution >= 0.6 is 11.6 Å². The second kappa shape index (κ2) is 4.21. The molecule has 5 aromatic rings. The lowest BCUT2D eigenvalue weighted by Gasteiger charge is -2.08. The second-order valence-corrected chi connectivity index (χ2v) is 6.30. The van der Waals surface area contributed by atoms with Crippen LogP contribution < -0.4 is 5.56 Å². The van der Waals surface area contributed by atoms with Crippen molar-refractivity contribution in [2.24, 2.45) is 0 Å². The summed E-state index contributed by atoms with van der Waals surface area (Å²) in [5.41, 5.74) is 3.43. The Morgan fingerprint density at radius 3 is 2.70 bits per heavy atom. The maximum absolute atomic E-state index is 13.1. The van der Waals surface area contributed by atoms with Gasteiger partial charge in [0.05, 0.1) is 11.0 Å². The molecule has 3 aromatic carbocycles. The maximum atomic E-state index is 13.1. The fourth-order valence-electron chi connectivity index (χ4n) is 3.43. The van der Waals surface area contributed by atoms with E-state index < -0.39 is 0 Å². The molecule has 3 nitrogen and oxygen atoms in total. The molecule has 0 unspecified atom stereocenters. The van der Waals surface area contributed by atoms with Crippen LogP contribution in [0.15, 0.2) is 53.3 Å². The Hall–Kier alpha value is -2.65. The summed E-state index contributed by atoms with van der Waals surface area (Å²) < 4.78 is 1.72. The Morgan fingerprint density at radius 1 is 1.00 bits per heavy atom. The van der Waals surface area contributed by atoms with E-state index in [1.54, 1.807) is 4.40 Å². The van der Waals surface area contributed by atoms with Crippen LogP contribution in [0.5, 0.6) is 0 Å². The van der Waals surface area contributed by atoms with Crippen molar-refractivity contribution < 1.29 is 0 Å². The minimum atomic E-state index is -0.0477. The average molecular weight is 319 g/mol. The van der Waals surface area contributed by atoms with Crippen LogP contribution in [0.25, 0.3) is 38.2 Å². The lowest BCUT2D eigenvalue weighted by atomic mass is 10.0. The molecule has 0 fully saturated rings. The molecule has 5 rings (SSSR count). The van der Waals surface area contributed by atoms with Gasteiger partial charge in [-0.1, -0.05) is 29.8 Å². The molecular weight excluding hydrogens is 308 g/mol. The van der Waals surface area contributed by atoms with Crippen molar-refractivity contribution in [2.45, 2.75) is 6.92 Å². The van der Waals surface area contributed by atoms with Crippen LogP contribution in [-0.2, 0) is 0 Å². The number of rotatable bonds is 0. The second-order valence-electron chi connectivity index (χ2n) is 5.89. The first kappa shape index (κ1) is 12.9. The van der Waals surface area contributed by atoms with Gasteiger partial charge in [-0.25, -0.2) is 4.98 Å². The van der Waals surface area contributed by atoms with Gasteiger partial charge in [-0.15, -0.1) is 0 Å². The van der Waals surface area contributed by atoms with E-state index in [1.165, 1.54) is 0 Å². The molecule has 0 spiro atoms. The number of hydrogen-bond donors (Lipinski definition) is 0. The third kappa shape index (κ3) is 1.55. The van der Waals surface area contributed by atoms with Crippen molar-refractivity contribution >= 4 is 49.8 Å². The SMILES string of the molecule is Cc1ccc2nc3c4ccc(Cl)c5cccc(c(=O)n3c2c1)c54. The van der Waals surface area contributed by atoms with E-state index in [1.807, 2.05) is 55.5 Å². The number of aromatic nitrogens is 2. The Morgan fingerprint density at radius 2 is 1.83 bits per heavy atom. The van der Waals surface area contributed by atoms with Gasteiger partial charge < -0.3 is 0 Å². The predicted octanol–water partition coefficient (Wildman–Crippen LogP) is 4.55. The highest BCUT2D eigenvalue weighted by molar-refractivity contribution is 6.37. The largest absolute Gasteiger partial charge is 0.268 e. The molecule has 0 aliphatic carbocycles. The average Bonchev–Trinajstić information content (AvgIpc) is 2.93. The number of pyridine rings is 1. The Bertz CT molecular complexity index is 1300. The third-order valence-corrected chi connectivity index (χ3v) is 4.80. The summed E-state index contributed by atoms with van der Waals surface area (Å²) in [6.07, 6.45) is 0. The monoisotopic (exact) mass is 318 g/mol. The summed E-state index contributed by atoms with van der Waals surface area (Å²) in [4.78, 5) is 17.8. The predicted molar refractivity (Wildman–Crippen MR) is 94.9 cm³/mol. The van der Waals surface area contributed by atoms with Gasteiger partial charge in [0.2, 0.25) is 0 Å². The number of imidazole rings is 1. The zero-order valence-electron chi connectivity index (χ0n) is 12.3. The highest BCUT2D eigenvalue weighted by atomic mass is 35.5. The maximum Gasteiger partial charge on any atom is 0.264 e. The Kier molecular flexibility index (Phi) is 2.35. The minimum Gasteiger partial charge on any atom is -0.268 e. The van der Waals surface area contributed by atoms with Gasteiger partial charge in [0.1, 0.15) is 5.65 Å². The first-order chi connectivity index (χ1) is 11.1. The fourth-order valence-corrected chi connectivity index (χ4v) is 3.65. The summed E-state index contributed by atoms with van der Waals surface area (Å²) in [6, 6.07) is 15.5. The van der Waals surface area contributed by atoms with Gasteiger partial charge in [0.15, 0.2) is 0 Å².